The van der Waals surface area contributed by atoms with Crippen LogP contribution < -0.4 is 5.32 Å². The molecule has 2 rings (SSSR count). The standard InChI is InChI=1S/C10H18N2O2/c1-8-7-11-4-5-12(8)10(13)9-3-2-6-14-9/h8-9,11H,2-7H2,1H3/t8-,9-/m1/s1. The van der Waals surface area contributed by atoms with Crippen molar-refractivity contribution >= 4 is 5.91 Å². The van der Waals surface area contributed by atoms with Crippen molar-refractivity contribution in [2.45, 2.75) is 31.9 Å². The van der Waals surface area contributed by atoms with Gasteiger partial charge < -0.3 is 15.0 Å². The molecule has 0 aromatic carbocycles. The van der Waals surface area contributed by atoms with E-state index in [0.717, 1.165) is 39.1 Å². The first kappa shape index (κ1) is 9.93. The molecule has 80 valence electrons. The van der Waals surface area contributed by atoms with Gasteiger partial charge in [-0.25, -0.2) is 0 Å². The summed E-state index contributed by atoms with van der Waals surface area (Å²) in [5, 5.41) is 3.28. The first-order valence-electron chi connectivity index (χ1n) is 5.42. The normalized spacial score (nSPS) is 33.4. The minimum Gasteiger partial charge on any atom is -0.368 e. The number of amides is 1. The monoisotopic (exact) mass is 198 g/mol. The lowest BCUT2D eigenvalue weighted by Crippen LogP contribution is -2.54. The van der Waals surface area contributed by atoms with E-state index >= 15 is 0 Å². The molecule has 0 aromatic heterocycles. The van der Waals surface area contributed by atoms with Gasteiger partial charge in [0.15, 0.2) is 0 Å². The smallest absolute Gasteiger partial charge is 0.252 e. The highest BCUT2D eigenvalue weighted by Gasteiger charge is 2.31. The minimum atomic E-state index is -0.157. The number of piperazine rings is 1. The van der Waals surface area contributed by atoms with Crippen LogP contribution in [0.25, 0.3) is 0 Å². The Morgan fingerprint density at radius 2 is 2.43 bits per heavy atom. The Morgan fingerprint density at radius 1 is 1.57 bits per heavy atom. The van der Waals surface area contributed by atoms with Gasteiger partial charge in [-0.2, -0.15) is 0 Å². The van der Waals surface area contributed by atoms with Crippen molar-refractivity contribution in [1.29, 1.82) is 0 Å². The van der Waals surface area contributed by atoms with Crippen LogP contribution in [0.5, 0.6) is 0 Å². The van der Waals surface area contributed by atoms with E-state index in [2.05, 4.69) is 12.2 Å². The molecule has 1 amide bonds. The molecule has 0 unspecified atom stereocenters. The number of ether oxygens (including phenoxy) is 1. The zero-order chi connectivity index (χ0) is 9.97. The van der Waals surface area contributed by atoms with Gasteiger partial charge >= 0.3 is 0 Å². The summed E-state index contributed by atoms with van der Waals surface area (Å²) >= 11 is 0. The summed E-state index contributed by atoms with van der Waals surface area (Å²) in [6, 6.07) is 0.306. The summed E-state index contributed by atoms with van der Waals surface area (Å²) < 4.78 is 5.40. The van der Waals surface area contributed by atoms with Crippen molar-refractivity contribution in [3.63, 3.8) is 0 Å². The Bertz CT molecular complexity index is 214. The maximum Gasteiger partial charge on any atom is 0.252 e. The fourth-order valence-corrected chi connectivity index (χ4v) is 2.13. The summed E-state index contributed by atoms with van der Waals surface area (Å²) in [4.78, 5) is 13.9. The van der Waals surface area contributed by atoms with Crippen LogP contribution in [0.2, 0.25) is 0 Å². The Balaban J connectivity index is 1.94. The second kappa shape index (κ2) is 4.28. The average molecular weight is 198 g/mol. The van der Waals surface area contributed by atoms with Gasteiger partial charge in [-0.15, -0.1) is 0 Å². The second-order valence-corrected chi connectivity index (χ2v) is 4.09. The van der Waals surface area contributed by atoms with Crippen molar-refractivity contribution < 1.29 is 9.53 Å². The Labute approximate surface area is 84.6 Å². The van der Waals surface area contributed by atoms with Crippen LogP contribution in [0.3, 0.4) is 0 Å². The molecule has 4 heteroatoms. The van der Waals surface area contributed by atoms with E-state index in [9.17, 15) is 4.79 Å². The van der Waals surface area contributed by atoms with E-state index < -0.39 is 0 Å². The van der Waals surface area contributed by atoms with Crippen LogP contribution in [-0.4, -0.2) is 49.2 Å². The third kappa shape index (κ3) is 1.91. The van der Waals surface area contributed by atoms with Crippen LogP contribution in [-0.2, 0) is 9.53 Å². The molecule has 0 saturated carbocycles. The lowest BCUT2D eigenvalue weighted by molar-refractivity contribution is -0.143. The molecule has 2 atom stereocenters. The molecule has 2 fully saturated rings. The van der Waals surface area contributed by atoms with Gasteiger partial charge in [-0.1, -0.05) is 0 Å². The fourth-order valence-electron chi connectivity index (χ4n) is 2.13. The molecule has 0 aliphatic carbocycles. The number of hydrogen-bond acceptors (Lipinski definition) is 3. The van der Waals surface area contributed by atoms with E-state index in [1.807, 2.05) is 4.90 Å². The van der Waals surface area contributed by atoms with Crippen LogP contribution in [0.4, 0.5) is 0 Å². The molecular weight excluding hydrogens is 180 g/mol. The quantitative estimate of drug-likeness (QED) is 0.644. The Morgan fingerprint density at radius 3 is 3.07 bits per heavy atom. The van der Waals surface area contributed by atoms with Crippen LogP contribution >= 0.6 is 0 Å². The topological polar surface area (TPSA) is 41.6 Å². The molecule has 0 aromatic rings. The molecule has 14 heavy (non-hydrogen) atoms. The lowest BCUT2D eigenvalue weighted by Gasteiger charge is -2.35. The maximum atomic E-state index is 12.0. The molecule has 2 saturated heterocycles. The molecule has 2 heterocycles. The first-order valence-corrected chi connectivity index (χ1v) is 5.42. The van der Waals surface area contributed by atoms with E-state index in [-0.39, 0.29) is 12.0 Å². The summed E-state index contributed by atoms with van der Waals surface area (Å²) in [6.07, 6.45) is 1.77. The largest absolute Gasteiger partial charge is 0.368 e. The molecule has 2 aliphatic rings. The third-order valence-corrected chi connectivity index (χ3v) is 2.99. The number of rotatable bonds is 1. The SMILES string of the molecule is C[C@@H]1CNCCN1C(=O)[C@H]1CCCO1. The van der Waals surface area contributed by atoms with E-state index in [1.165, 1.54) is 0 Å². The fraction of sp³-hybridized carbons (Fsp3) is 0.900. The van der Waals surface area contributed by atoms with Crippen LogP contribution in [0, 0.1) is 0 Å². The van der Waals surface area contributed by atoms with Gasteiger partial charge in [-0.3, -0.25) is 4.79 Å². The number of nitrogens with one attached hydrogen (secondary N) is 1. The zero-order valence-corrected chi connectivity index (χ0v) is 8.66. The molecule has 1 N–H and O–H groups in total. The third-order valence-electron chi connectivity index (χ3n) is 2.99. The van der Waals surface area contributed by atoms with Crippen molar-refractivity contribution in [3.05, 3.63) is 0 Å². The summed E-state index contributed by atoms with van der Waals surface area (Å²) in [7, 11) is 0. The van der Waals surface area contributed by atoms with Crippen molar-refractivity contribution in [2.75, 3.05) is 26.2 Å². The minimum absolute atomic E-state index is 0.157. The molecule has 2 aliphatic heterocycles. The Kier molecular flexibility index (Phi) is 3.03. The van der Waals surface area contributed by atoms with Crippen LogP contribution in [0.1, 0.15) is 19.8 Å². The molecular formula is C10H18N2O2. The predicted octanol–water partition coefficient (Wildman–Crippen LogP) is -0.0143. The zero-order valence-electron chi connectivity index (χ0n) is 8.66. The van der Waals surface area contributed by atoms with Crippen LogP contribution in [0.15, 0.2) is 0 Å². The van der Waals surface area contributed by atoms with Crippen molar-refractivity contribution in [2.24, 2.45) is 0 Å². The Hall–Kier alpha value is -0.610. The highest BCUT2D eigenvalue weighted by molar-refractivity contribution is 5.81. The van der Waals surface area contributed by atoms with Crippen molar-refractivity contribution in [3.8, 4) is 0 Å². The predicted molar refractivity (Wildman–Crippen MR) is 53.0 cm³/mol. The average Bonchev–Trinajstić information content (AvgIpc) is 2.70. The molecule has 0 spiro atoms. The van der Waals surface area contributed by atoms with Gasteiger partial charge in [0.05, 0.1) is 0 Å². The highest BCUT2D eigenvalue weighted by Crippen LogP contribution is 2.16. The number of hydrogen-bond donors (Lipinski definition) is 1. The van der Waals surface area contributed by atoms with Gasteiger partial charge in [0.1, 0.15) is 6.10 Å². The maximum absolute atomic E-state index is 12.0. The number of carbonyl (C=O) groups is 1. The van der Waals surface area contributed by atoms with Crippen molar-refractivity contribution in [1.82, 2.24) is 10.2 Å². The summed E-state index contributed by atoms with van der Waals surface area (Å²) in [5.74, 6) is 0.191. The lowest BCUT2D eigenvalue weighted by atomic mass is 10.1. The van der Waals surface area contributed by atoms with Gasteiger partial charge in [0, 0.05) is 32.3 Å². The van der Waals surface area contributed by atoms with Gasteiger partial charge in [0.25, 0.3) is 5.91 Å². The molecule has 0 radical (unpaired) electrons. The van der Waals surface area contributed by atoms with E-state index in [4.69, 9.17) is 4.74 Å². The summed E-state index contributed by atoms with van der Waals surface area (Å²) in [5.41, 5.74) is 0. The first-order chi connectivity index (χ1) is 6.79. The highest BCUT2D eigenvalue weighted by atomic mass is 16.5. The number of nitrogens with zero attached hydrogens (tertiary/aromatic N) is 1. The molecule has 4 nitrogen and oxygen atoms in total. The summed E-state index contributed by atoms with van der Waals surface area (Å²) in [6.45, 7) is 5.46. The second-order valence-electron chi connectivity index (χ2n) is 4.09. The van der Waals surface area contributed by atoms with Gasteiger partial charge in [-0.05, 0) is 19.8 Å². The molecule has 0 bridgehead atoms. The van der Waals surface area contributed by atoms with E-state index in [1.54, 1.807) is 0 Å². The number of carbonyl (C=O) groups excluding carboxylic acids is 1. The van der Waals surface area contributed by atoms with Gasteiger partial charge in [0.2, 0.25) is 0 Å². The van der Waals surface area contributed by atoms with E-state index in [0.29, 0.717) is 6.04 Å².